The van der Waals surface area contributed by atoms with Crippen LogP contribution in [0.1, 0.15) is 31.9 Å². The minimum Gasteiger partial charge on any atom is -0.445 e. The summed E-state index contributed by atoms with van der Waals surface area (Å²) in [4.78, 5) is 49.4. The number of benzene rings is 2. The molecule has 0 heterocycles. The van der Waals surface area contributed by atoms with E-state index in [4.69, 9.17) is 4.74 Å². The van der Waals surface area contributed by atoms with Crippen molar-refractivity contribution in [2.45, 2.75) is 46.0 Å². The minimum absolute atomic E-state index is 0.0652. The predicted octanol–water partition coefficient (Wildman–Crippen LogP) is 2.33. The third kappa shape index (κ3) is 7.86. The molecule has 0 unspecified atom stereocenters. The molecule has 2 aromatic carbocycles. The zero-order valence-electron chi connectivity index (χ0n) is 18.5. The lowest BCUT2D eigenvalue weighted by atomic mass is 9.98. The van der Waals surface area contributed by atoms with Crippen LogP contribution in [0.5, 0.6) is 0 Å². The summed E-state index contributed by atoms with van der Waals surface area (Å²) in [7, 11) is 0. The van der Waals surface area contributed by atoms with Crippen molar-refractivity contribution < 1.29 is 23.9 Å². The Balaban J connectivity index is 1.85. The van der Waals surface area contributed by atoms with E-state index < -0.39 is 35.8 Å². The molecule has 0 aliphatic carbocycles. The molecule has 0 saturated heterocycles. The van der Waals surface area contributed by atoms with Gasteiger partial charge in [0.2, 0.25) is 11.7 Å². The summed E-state index contributed by atoms with van der Waals surface area (Å²) in [6.45, 7) is 5.18. The van der Waals surface area contributed by atoms with E-state index in [2.05, 4.69) is 16.0 Å². The van der Waals surface area contributed by atoms with Gasteiger partial charge in [0.1, 0.15) is 12.6 Å². The van der Waals surface area contributed by atoms with Crippen LogP contribution in [0, 0.1) is 5.92 Å². The third-order valence-corrected chi connectivity index (χ3v) is 4.71. The molecule has 8 nitrogen and oxygen atoms in total. The van der Waals surface area contributed by atoms with Gasteiger partial charge in [0.05, 0.1) is 6.04 Å². The number of Topliss-reactive ketones (excluding diaryl/α,β-unsaturated/α-hetero) is 1. The van der Waals surface area contributed by atoms with Crippen molar-refractivity contribution >= 4 is 23.7 Å². The zero-order valence-corrected chi connectivity index (χ0v) is 18.5. The molecule has 2 aromatic rings. The Labute approximate surface area is 187 Å². The Morgan fingerprint density at radius 1 is 0.812 bits per heavy atom. The van der Waals surface area contributed by atoms with Gasteiger partial charge in [0.25, 0.3) is 5.91 Å². The number of ketones is 1. The molecule has 0 fully saturated rings. The molecule has 0 bridgehead atoms. The smallest absolute Gasteiger partial charge is 0.408 e. The second kappa shape index (κ2) is 12.2. The fourth-order valence-corrected chi connectivity index (χ4v) is 2.83. The number of carbonyl (C=O) groups excluding carboxylic acids is 4. The fourth-order valence-electron chi connectivity index (χ4n) is 2.83. The standard InChI is InChI=1S/C24H29N3O5/c1-16(2)20(21(28)23(30)25-14-18-10-6-4-7-11-18)27-22(29)17(3)26-24(31)32-15-19-12-8-5-9-13-19/h4-13,16-17,20H,14-15H2,1-3H3,(H,25,30)(H,26,31)(H,27,29)/t17-,20-/m0/s1. The van der Waals surface area contributed by atoms with Crippen molar-refractivity contribution in [1.82, 2.24) is 16.0 Å². The lowest BCUT2D eigenvalue weighted by molar-refractivity contribution is -0.141. The van der Waals surface area contributed by atoms with Crippen molar-refractivity contribution in [3.8, 4) is 0 Å². The molecule has 8 heteroatoms. The maximum absolute atomic E-state index is 12.6. The Bertz CT molecular complexity index is 916. The SMILES string of the molecule is CC(C)[C@H](NC(=O)[C@H](C)NC(=O)OCc1ccccc1)C(=O)C(=O)NCc1ccccc1. The summed E-state index contributed by atoms with van der Waals surface area (Å²) in [6.07, 6.45) is -0.760. The van der Waals surface area contributed by atoms with Gasteiger partial charge in [-0.3, -0.25) is 14.4 Å². The van der Waals surface area contributed by atoms with E-state index >= 15 is 0 Å². The molecule has 0 spiro atoms. The lowest BCUT2D eigenvalue weighted by Crippen LogP contribution is -2.54. The number of hydrogen-bond acceptors (Lipinski definition) is 5. The van der Waals surface area contributed by atoms with E-state index in [1.165, 1.54) is 6.92 Å². The molecule has 2 atom stereocenters. The summed E-state index contributed by atoms with van der Waals surface area (Å²) < 4.78 is 5.10. The van der Waals surface area contributed by atoms with Crippen LogP contribution in [-0.4, -0.2) is 35.8 Å². The molecule has 0 aromatic heterocycles. The van der Waals surface area contributed by atoms with Crippen molar-refractivity contribution in [1.29, 1.82) is 0 Å². The van der Waals surface area contributed by atoms with Crippen LogP contribution >= 0.6 is 0 Å². The molecule has 3 N–H and O–H groups in total. The molecule has 0 radical (unpaired) electrons. The van der Waals surface area contributed by atoms with Crippen LogP contribution in [0.2, 0.25) is 0 Å². The average molecular weight is 440 g/mol. The largest absolute Gasteiger partial charge is 0.445 e. The lowest BCUT2D eigenvalue weighted by Gasteiger charge is -2.23. The van der Waals surface area contributed by atoms with Gasteiger partial charge in [-0.25, -0.2) is 4.79 Å². The van der Waals surface area contributed by atoms with Crippen molar-refractivity contribution in [3.63, 3.8) is 0 Å². The summed E-state index contributed by atoms with van der Waals surface area (Å²) in [6, 6.07) is 16.3. The predicted molar refractivity (Wildman–Crippen MR) is 119 cm³/mol. The van der Waals surface area contributed by atoms with E-state index in [0.717, 1.165) is 11.1 Å². The van der Waals surface area contributed by atoms with E-state index in [-0.39, 0.29) is 19.1 Å². The van der Waals surface area contributed by atoms with Gasteiger partial charge < -0.3 is 20.7 Å². The van der Waals surface area contributed by atoms with Crippen LogP contribution in [-0.2, 0) is 32.3 Å². The highest BCUT2D eigenvalue weighted by atomic mass is 16.5. The molecule has 32 heavy (non-hydrogen) atoms. The number of hydrogen-bond donors (Lipinski definition) is 3. The summed E-state index contributed by atoms with van der Waals surface area (Å²) in [5, 5.41) is 7.55. The molecule has 0 saturated carbocycles. The first kappa shape index (κ1) is 24.6. The maximum atomic E-state index is 12.6. The number of alkyl carbamates (subject to hydrolysis) is 1. The molecule has 0 aliphatic heterocycles. The van der Waals surface area contributed by atoms with Crippen LogP contribution in [0.25, 0.3) is 0 Å². The van der Waals surface area contributed by atoms with Gasteiger partial charge in [-0.15, -0.1) is 0 Å². The first-order valence-electron chi connectivity index (χ1n) is 10.4. The average Bonchev–Trinajstić information content (AvgIpc) is 2.80. The number of nitrogens with one attached hydrogen (secondary N) is 3. The first-order valence-corrected chi connectivity index (χ1v) is 10.4. The van der Waals surface area contributed by atoms with E-state index in [1.807, 2.05) is 60.7 Å². The highest BCUT2D eigenvalue weighted by Gasteiger charge is 2.31. The van der Waals surface area contributed by atoms with E-state index in [9.17, 15) is 19.2 Å². The Morgan fingerprint density at radius 2 is 1.38 bits per heavy atom. The van der Waals surface area contributed by atoms with Gasteiger partial charge in [0, 0.05) is 6.54 Å². The number of ether oxygens (including phenoxy) is 1. The monoisotopic (exact) mass is 439 g/mol. The first-order chi connectivity index (χ1) is 15.3. The Kier molecular flexibility index (Phi) is 9.41. The topological polar surface area (TPSA) is 114 Å². The van der Waals surface area contributed by atoms with Crippen molar-refractivity contribution in [2.75, 3.05) is 0 Å². The van der Waals surface area contributed by atoms with Crippen molar-refractivity contribution in [2.24, 2.45) is 5.92 Å². The second-order valence-electron chi connectivity index (χ2n) is 7.69. The van der Waals surface area contributed by atoms with Gasteiger partial charge in [0.15, 0.2) is 0 Å². The summed E-state index contributed by atoms with van der Waals surface area (Å²) in [5.74, 6) is -2.45. The normalized spacial score (nSPS) is 12.4. The summed E-state index contributed by atoms with van der Waals surface area (Å²) >= 11 is 0. The van der Waals surface area contributed by atoms with Crippen LogP contribution in [0.3, 0.4) is 0 Å². The quantitative estimate of drug-likeness (QED) is 0.492. The van der Waals surface area contributed by atoms with Gasteiger partial charge in [-0.05, 0) is 24.0 Å². The number of amides is 3. The van der Waals surface area contributed by atoms with Gasteiger partial charge in [-0.2, -0.15) is 0 Å². The van der Waals surface area contributed by atoms with E-state index in [1.54, 1.807) is 13.8 Å². The van der Waals surface area contributed by atoms with E-state index in [0.29, 0.717) is 0 Å². The number of carbonyl (C=O) groups is 4. The molecule has 3 amide bonds. The zero-order chi connectivity index (χ0) is 23.5. The van der Waals surface area contributed by atoms with Crippen LogP contribution in [0.4, 0.5) is 4.79 Å². The fraction of sp³-hybridized carbons (Fsp3) is 0.333. The molecule has 2 rings (SSSR count). The molecule has 0 aliphatic rings. The Hall–Kier alpha value is -3.68. The summed E-state index contributed by atoms with van der Waals surface area (Å²) in [5.41, 5.74) is 1.66. The minimum atomic E-state index is -1.03. The third-order valence-electron chi connectivity index (χ3n) is 4.71. The highest BCUT2D eigenvalue weighted by Crippen LogP contribution is 2.06. The van der Waals surface area contributed by atoms with Gasteiger partial charge in [-0.1, -0.05) is 74.5 Å². The van der Waals surface area contributed by atoms with Crippen molar-refractivity contribution in [3.05, 3.63) is 71.8 Å². The molecular formula is C24H29N3O5. The molecule has 170 valence electrons. The Morgan fingerprint density at radius 3 is 1.94 bits per heavy atom. The van der Waals surface area contributed by atoms with Gasteiger partial charge >= 0.3 is 6.09 Å². The molecular weight excluding hydrogens is 410 g/mol. The second-order valence-corrected chi connectivity index (χ2v) is 7.69. The van der Waals surface area contributed by atoms with Crippen LogP contribution in [0.15, 0.2) is 60.7 Å². The highest BCUT2D eigenvalue weighted by molar-refractivity contribution is 6.38. The number of rotatable bonds is 10. The van der Waals surface area contributed by atoms with Crippen LogP contribution < -0.4 is 16.0 Å². The maximum Gasteiger partial charge on any atom is 0.408 e.